The van der Waals surface area contributed by atoms with Crippen LogP contribution in [0.15, 0.2) is 0 Å². The van der Waals surface area contributed by atoms with Crippen molar-refractivity contribution in [1.82, 2.24) is 5.32 Å². The highest BCUT2D eigenvalue weighted by atomic mass is 16.7. The van der Waals surface area contributed by atoms with Crippen LogP contribution in [-0.4, -0.2) is 287 Å². The maximum Gasteiger partial charge on any atom is 0.187 e. The van der Waals surface area contributed by atoms with E-state index in [1.807, 2.05) is 0 Å². The molecule has 24 unspecified atom stereocenters. The third-order valence-corrected chi connectivity index (χ3v) is 10.9. The van der Waals surface area contributed by atoms with Crippen molar-refractivity contribution >= 4 is 0 Å². The molecule has 0 aliphatic carbocycles. The predicted octanol–water partition coefficient (Wildman–Crippen LogP) is -11.2. The van der Waals surface area contributed by atoms with Gasteiger partial charge in [-0.05, 0) is 19.9 Å². The highest BCUT2D eigenvalue weighted by Crippen LogP contribution is 2.31. The summed E-state index contributed by atoms with van der Waals surface area (Å²) in [5.41, 5.74) is 0. The van der Waals surface area contributed by atoms with Crippen molar-refractivity contribution in [1.29, 1.82) is 0 Å². The molecule has 18 N–H and O–H groups in total. The molecule has 0 aromatic carbocycles. The minimum absolute atomic E-state index is 0.0205. The smallest absolute Gasteiger partial charge is 0.187 e. The van der Waals surface area contributed by atoms with Gasteiger partial charge in [0.05, 0.1) is 45.2 Å². The molecule has 24 atom stereocenters. The first-order valence-corrected chi connectivity index (χ1v) is 19.6. The maximum absolute atomic E-state index is 11.0. The lowest BCUT2D eigenvalue weighted by molar-refractivity contribution is -0.346. The molecule has 26 nitrogen and oxygen atoms in total. The third-order valence-electron chi connectivity index (χ3n) is 10.9. The molecule has 0 radical (unpaired) electrons. The first kappa shape index (κ1) is 51.6. The van der Waals surface area contributed by atoms with Gasteiger partial charge in [0.2, 0.25) is 0 Å². The molecule has 4 aliphatic heterocycles. The maximum atomic E-state index is 11.0. The molecule has 0 aromatic heterocycles. The molecule has 354 valence electrons. The summed E-state index contributed by atoms with van der Waals surface area (Å²) in [5.74, 6) is 0. The number of ether oxygens (including phenoxy) is 8. The van der Waals surface area contributed by atoms with Crippen LogP contribution in [0.2, 0.25) is 0 Å². The Balaban J connectivity index is 1.21. The van der Waals surface area contributed by atoms with Crippen molar-refractivity contribution in [2.24, 2.45) is 0 Å². The van der Waals surface area contributed by atoms with E-state index in [9.17, 15) is 86.8 Å². The average molecular weight is 886 g/mol. The average Bonchev–Trinajstić information content (AvgIpc) is 3.24. The Morgan fingerprint density at radius 1 is 0.550 bits per heavy atom. The van der Waals surface area contributed by atoms with Gasteiger partial charge >= 0.3 is 0 Å². The molecule has 0 amide bonds. The van der Waals surface area contributed by atoms with Crippen LogP contribution in [0.25, 0.3) is 0 Å². The van der Waals surface area contributed by atoms with E-state index in [1.54, 1.807) is 0 Å². The van der Waals surface area contributed by atoms with Gasteiger partial charge in [0.15, 0.2) is 18.9 Å². The Hall–Kier alpha value is -1.04. The highest BCUT2D eigenvalue weighted by Gasteiger charge is 2.51. The lowest BCUT2D eigenvalue weighted by Gasteiger charge is -2.46. The fourth-order valence-corrected chi connectivity index (χ4v) is 7.06. The van der Waals surface area contributed by atoms with Crippen molar-refractivity contribution in [3.63, 3.8) is 0 Å². The summed E-state index contributed by atoms with van der Waals surface area (Å²) in [6.45, 7) is -2.00. The first-order valence-electron chi connectivity index (χ1n) is 19.6. The van der Waals surface area contributed by atoms with Gasteiger partial charge < -0.3 is 130 Å². The summed E-state index contributed by atoms with van der Waals surface area (Å²) in [4.78, 5) is 0. The summed E-state index contributed by atoms with van der Waals surface area (Å²) < 4.78 is 44.0. The zero-order chi connectivity index (χ0) is 44.6. The van der Waals surface area contributed by atoms with E-state index in [4.69, 9.17) is 37.9 Å². The molecule has 4 aliphatic rings. The predicted molar refractivity (Wildman–Crippen MR) is 190 cm³/mol. The molecule has 4 saturated heterocycles. The Morgan fingerprint density at radius 2 is 1.07 bits per heavy atom. The van der Waals surface area contributed by atoms with E-state index in [0.717, 1.165) is 0 Å². The summed E-state index contributed by atoms with van der Waals surface area (Å²) in [7, 11) is 0. The van der Waals surface area contributed by atoms with Gasteiger partial charge in [-0.1, -0.05) is 0 Å². The lowest BCUT2D eigenvalue weighted by atomic mass is 9.94. The van der Waals surface area contributed by atoms with Gasteiger partial charge in [-0.3, -0.25) is 0 Å². The minimum Gasteiger partial charge on any atom is -0.394 e. The second kappa shape index (κ2) is 23.8. The molecule has 0 spiro atoms. The lowest BCUT2D eigenvalue weighted by Crippen LogP contribution is -2.64. The Bertz CT molecular complexity index is 1230. The molecule has 0 aromatic rings. The normalized spacial score (nSPS) is 44.9. The number of nitrogens with one attached hydrogen (secondary N) is 1. The van der Waals surface area contributed by atoms with E-state index in [0.29, 0.717) is 0 Å². The Labute approximate surface area is 343 Å². The Kier molecular flexibility index (Phi) is 20.4. The fraction of sp³-hybridized carbons (Fsp3) is 1.00. The third kappa shape index (κ3) is 12.4. The molecule has 4 fully saturated rings. The number of hydrogen-bond acceptors (Lipinski definition) is 26. The van der Waals surface area contributed by atoms with Crippen molar-refractivity contribution in [3.8, 4) is 0 Å². The van der Waals surface area contributed by atoms with Gasteiger partial charge in [-0.2, -0.15) is 0 Å². The second-order valence-electron chi connectivity index (χ2n) is 15.2. The van der Waals surface area contributed by atoms with E-state index in [1.165, 1.54) is 6.92 Å². The molecule has 26 heteroatoms. The van der Waals surface area contributed by atoms with Crippen LogP contribution in [0.5, 0.6) is 0 Å². The van der Waals surface area contributed by atoms with Gasteiger partial charge in [0.1, 0.15) is 116 Å². The molecule has 4 rings (SSSR count). The number of aliphatic hydroxyl groups is 17. The standard InChI is InChI=1S/C34H63NO25/c1-11-18(41)31(60-34-29(52)25(48)21(44)15(8-38)57-34)23(46)17(55-11)10-54-32-27(50)26(49)22(45)16(58-32)9-53-4-2-3-35-5-12(39)19(42)30(13(40)6-36)59-33-28(51)24(47)20(43)14(7-37)56-33/h11-52H,2-10H2,1H3. The number of hydrogen-bond donors (Lipinski definition) is 18. The number of aliphatic hydroxyl groups excluding tert-OH is 17. The summed E-state index contributed by atoms with van der Waals surface area (Å²) in [6.07, 6.45) is -38.7. The summed E-state index contributed by atoms with van der Waals surface area (Å²) >= 11 is 0. The van der Waals surface area contributed by atoms with Gasteiger partial charge in [0.25, 0.3) is 0 Å². The van der Waals surface area contributed by atoms with Crippen LogP contribution in [0.1, 0.15) is 13.3 Å². The van der Waals surface area contributed by atoms with E-state index >= 15 is 0 Å². The Morgan fingerprint density at radius 3 is 1.65 bits per heavy atom. The largest absolute Gasteiger partial charge is 0.394 e. The topological polar surface area (TPSA) is 430 Å². The number of rotatable bonds is 21. The van der Waals surface area contributed by atoms with E-state index in [2.05, 4.69) is 5.32 Å². The molecular formula is C34H63NO25. The van der Waals surface area contributed by atoms with Gasteiger partial charge in [0, 0.05) is 13.2 Å². The summed E-state index contributed by atoms with van der Waals surface area (Å²) in [6, 6.07) is 0. The quantitative estimate of drug-likeness (QED) is 0.0476. The van der Waals surface area contributed by atoms with Crippen molar-refractivity contribution in [3.05, 3.63) is 0 Å². The molecule has 0 saturated carbocycles. The molecule has 0 bridgehead atoms. The molecule has 4 heterocycles. The zero-order valence-corrected chi connectivity index (χ0v) is 32.6. The second-order valence-corrected chi connectivity index (χ2v) is 15.2. The van der Waals surface area contributed by atoms with Crippen molar-refractivity contribution < 1.29 is 125 Å². The van der Waals surface area contributed by atoms with Crippen LogP contribution in [-0.2, 0) is 37.9 Å². The van der Waals surface area contributed by atoms with Crippen LogP contribution in [0, 0.1) is 0 Å². The minimum atomic E-state index is -1.89. The van der Waals surface area contributed by atoms with Gasteiger partial charge in [-0.25, -0.2) is 0 Å². The van der Waals surface area contributed by atoms with Crippen LogP contribution in [0.4, 0.5) is 0 Å². The summed E-state index contributed by atoms with van der Waals surface area (Å²) in [5, 5.41) is 177. The molecule has 60 heavy (non-hydrogen) atoms. The molecular weight excluding hydrogens is 822 g/mol. The highest BCUT2D eigenvalue weighted by molar-refractivity contribution is 4.96. The zero-order valence-electron chi connectivity index (χ0n) is 32.6. The van der Waals surface area contributed by atoms with E-state index < -0.39 is 173 Å². The van der Waals surface area contributed by atoms with E-state index in [-0.39, 0.29) is 32.7 Å². The van der Waals surface area contributed by atoms with Crippen molar-refractivity contribution in [2.45, 2.75) is 160 Å². The monoisotopic (exact) mass is 885 g/mol. The first-order chi connectivity index (χ1) is 28.4. The van der Waals surface area contributed by atoms with Gasteiger partial charge in [-0.15, -0.1) is 0 Å². The van der Waals surface area contributed by atoms with Crippen molar-refractivity contribution in [2.75, 3.05) is 52.7 Å². The fourth-order valence-electron chi connectivity index (χ4n) is 7.06. The van der Waals surface area contributed by atoms with Crippen LogP contribution >= 0.6 is 0 Å². The SMILES string of the molecule is CC1OC(COC2OC(COCCCNCC(O)C(O)C(OC3OC(CO)C(O)C(O)C3O)C(O)CO)C(O)C(O)C2O)C(O)C(OC2OC(CO)C(O)C(O)C2O)C1O. The van der Waals surface area contributed by atoms with Crippen LogP contribution < -0.4 is 5.32 Å². The van der Waals surface area contributed by atoms with Crippen LogP contribution in [0.3, 0.4) is 0 Å².